The number of benzene rings is 1. The Hall–Kier alpha value is -1.88. The number of aliphatic hydroxyl groups is 1. The third-order valence-corrected chi connectivity index (χ3v) is 5.33. The molecule has 0 saturated heterocycles. The predicted octanol–water partition coefficient (Wildman–Crippen LogP) is 2.79. The monoisotopic (exact) mass is 314 g/mol. The van der Waals surface area contributed by atoms with Crippen LogP contribution in [0, 0.1) is 17.8 Å². The second kappa shape index (κ2) is 5.96. The fraction of sp³-hybridized carbons (Fsp3) is 0.556. The summed E-state index contributed by atoms with van der Waals surface area (Å²) in [6, 6.07) is 5.92. The van der Waals surface area contributed by atoms with Gasteiger partial charge in [0.05, 0.1) is 23.7 Å². The van der Waals surface area contributed by atoms with Crippen molar-refractivity contribution in [2.75, 3.05) is 0 Å². The number of hydrogen-bond acceptors (Lipinski definition) is 4. The van der Waals surface area contributed by atoms with Crippen molar-refractivity contribution < 1.29 is 14.6 Å². The van der Waals surface area contributed by atoms with Crippen LogP contribution in [0.4, 0.5) is 0 Å². The Balaban J connectivity index is 1.36. The predicted molar refractivity (Wildman–Crippen MR) is 85.5 cm³/mol. The van der Waals surface area contributed by atoms with E-state index in [9.17, 15) is 9.90 Å². The van der Waals surface area contributed by atoms with Gasteiger partial charge in [0, 0.05) is 5.39 Å². The number of H-pyrrole nitrogens is 1. The first-order chi connectivity index (χ1) is 11.2. The number of carbonyl (C=O) groups excluding carboxylic acids is 1. The van der Waals surface area contributed by atoms with Crippen LogP contribution in [-0.2, 0) is 16.1 Å². The number of aromatic nitrogens is 2. The van der Waals surface area contributed by atoms with Crippen LogP contribution in [0.15, 0.2) is 24.4 Å². The van der Waals surface area contributed by atoms with E-state index in [2.05, 4.69) is 10.2 Å². The zero-order valence-electron chi connectivity index (χ0n) is 13.1. The fourth-order valence-electron chi connectivity index (χ4n) is 4.35. The third-order valence-electron chi connectivity index (χ3n) is 5.33. The first-order valence-electron chi connectivity index (χ1n) is 8.44. The first-order valence-corrected chi connectivity index (χ1v) is 8.44. The van der Waals surface area contributed by atoms with Crippen LogP contribution in [0.5, 0.6) is 0 Å². The molecule has 2 bridgehead atoms. The molecule has 2 aromatic rings. The molecule has 122 valence electrons. The summed E-state index contributed by atoms with van der Waals surface area (Å²) in [6.45, 7) is 0.308. The van der Waals surface area contributed by atoms with Gasteiger partial charge in [-0.05, 0) is 55.6 Å². The second-order valence-corrected chi connectivity index (χ2v) is 7.16. The summed E-state index contributed by atoms with van der Waals surface area (Å²) in [6.07, 6.45) is 6.19. The molecular formula is C18H22N2O3. The molecule has 23 heavy (non-hydrogen) atoms. The molecule has 5 heteroatoms. The summed E-state index contributed by atoms with van der Waals surface area (Å²) in [5.74, 6) is 0.885. The minimum Gasteiger partial charge on any atom is -0.461 e. The van der Waals surface area contributed by atoms with E-state index >= 15 is 0 Å². The Bertz CT molecular complexity index is 693. The summed E-state index contributed by atoms with van der Waals surface area (Å²) in [4.78, 5) is 12.4. The smallest absolute Gasteiger partial charge is 0.309 e. The maximum atomic E-state index is 12.4. The zero-order valence-corrected chi connectivity index (χ0v) is 13.1. The molecule has 1 aromatic heterocycles. The number of nitrogens with one attached hydrogen (secondary N) is 1. The highest BCUT2D eigenvalue weighted by Crippen LogP contribution is 2.43. The van der Waals surface area contributed by atoms with Gasteiger partial charge in [0.2, 0.25) is 0 Å². The van der Waals surface area contributed by atoms with Crippen LogP contribution in [0.2, 0.25) is 0 Å². The van der Waals surface area contributed by atoms with Crippen LogP contribution < -0.4 is 0 Å². The number of carbonyl (C=O) groups is 1. The normalized spacial score (nSPS) is 30.3. The van der Waals surface area contributed by atoms with Gasteiger partial charge in [-0.25, -0.2) is 0 Å². The van der Waals surface area contributed by atoms with Gasteiger partial charge >= 0.3 is 5.97 Å². The molecule has 1 aromatic carbocycles. The molecular weight excluding hydrogens is 292 g/mol. The average molecular weight is 314 g/mol. The van der Waals surface area contributed by atoms with E-state index in [4.69, 9.17) is 4.74 Å². The van der Waals surface area contributed by atoms with Gasteiger partial charge < -0.3 is 9.84 Å². The van der Waals surface area contributed by atoms with E-state index in [1.165, 1.54) is 0 Å². The maximum Gasteiger partial charge on any atom is 0.309 e. The minimum atomic E-state index is -0.170. The lowest BCUT2D eigenvalue weighted by molar-refractivity contribution is -0.153. The molecule has 5 nitrogen and oxygen atoms in total. The van der Waals surface area contributed by atoms with E-state index in [-0.39, 0.29) is 18.0 Å². The molecule has 2 saturated carbocycles. The highest BCUT2D eigenvalue weighted by molar-refractivity contribution is 5.78. The highest BCUT2D eigenvalue weighted by atomic mass is 16.5. The number of fused-ring (bicyclic) bond motifs is 3. The Morgan fingerprint density at radius 2 is 2.00 bits per heavy atom. The van der Waals surface area contributed by atoms with E-state index in [1.54, 1.807) is 6.20 Å². The lowest BCUT2D eigenvalue weighted by atomic mass is 9.67. The van der Waals surface area contributed by atoms with Crippen LogP contribution in [0.3, 0.4) is 0 Å². The summed E-state index contributed by atoms with van der Waals surface area (Å²) >= 11 is 0. The average Bonchev–Trinajstić information content (AvgIpc) is 2.99. The largest absolute Gasteiger partial charge is 0.461 e. The van der Waals surface area contributed by atoms with Crippen molar-refractivity contribution in [1.29, 1.82) is 0 Å². The van der Waals surface area contributed by atoms with Crippen molar-refractivity contribution >= 4 is 16.9 Å². The molecule has 2 aliphatic carbocycles. The highest BCUT2D eigenvalue weighted by Gasteiger charge is 2.38. The molecule has 0 radical (unpaired) electrons. The Labute approximate surface area is 135 Å². The molecule has 0 spiro atoms. The Morgan fingerprint density at radius 1 is 1.22 bits per heavy atom. The molecule has 2 N–H and O–H groups in total. The number of rotatable bonds is 3. The van der Waals surface area contributed by atoms with Gasteiger partial charge in [0.1, 0.15) is 6.61 Å². The SMILES string of the molecule is O=C(OCc1ccc2cn[nH]c2c1)C1C[C@H]2CC(O)C[C@@H](C1)C2. The molecule has 1 heterocycles. The van der Waals surface area contributed by atoms with E-state index in [0.29, 0.717) is 18.4 Å². The second-order valence-electron chi connectivity index (χ2n) is 7.16. The summed E-state index contributed by atoms with van der Waals surface area (Å²) < 4.78 is 5.55. The maximum absolute atomic E-state index is 12.4. The van der Waals surface area contributed by atoms with Gasteiger partial charge in [-0.15, -0.1) is 0 Å². The van der Waals surface area contributed by atoms with Crippen molar-refractivity contribution in [1.82, 2.24) is 10.2 Å². The number of nitrogens with zero attached hydrogens (tertiary/aromatic N) is 1. The quantitative estimate of drug-likeness (QED) is 0.854. The van der Waals surface area contributed by atoms with E-state index in [0.717, 1.165) is 48.6 Å². The number of esters is 1. The first kappa shape index (κ1) is 14.7. The Kier molecular flexibility index (Phi) is 3.81. The molecule has 4 atom stereocenters. The van der Waals surface area contributed by atoms with E-state index < -0.39 is 0 Å². The molecule has 2 unspecified atom stereocenters. The van der Waals surface area contributed by atoms with Gasteiger partial charge in [-0.1, -0.05) is 12.1 Å². The van der Waals surface area contributed by atoms with Gasteiger partial charge in [0.25, 0.3) is 0 Å². The van der Waals surface area contributed by atoms with Crippen LogP contribution >= 0.6 is 0 Å². The molecule has 0 amide bonds. The lowest BCUT2D eigenvalue weighted by Gasteiger charge is -2.40. The number of aromatic amines is 1. The number of ether oxygens (including phenoxy) is 1. The van der Waals surface area contributed by atoms with Crippen molar-refractivity contribution in [3.05, 3.63) is 30.0 Å². The standard InChI is InChI=1S/C18H22N2O3/c21-16-6-12-3-13(7-16)5-15(4-12)18(22)23-10-11-1-2-14-9-19-20-17(14)8-11/h1-2,8-9,12-13,15-16,21H,3-7,10H2,(H,19,20)/t12-,13+,15?,16?. The number of aliphatic hydroxyl groups excluding tert-OH is 1. The van der Waals surface area contributed by atoms with Gasteiger partial charge in [-0.3, -0.25) is 9.89 Å². The molecule has 0 aliphatic heterocycles. The molecule has 4 rings (SSSR count). The van der Waals surface area contributed by atoms with Gasteiger partial charge in [0.15, 0.2) is 0 Å². The van der Waals surface area contributed by atoms with Crippen molar-refractivity contribution in [3.63, 3.8) is 0 Å². The van der Waals surface area contributed by atoms with Crippen LogP contribution in [-0.4, -0.2) is 27.4 Å². The molecule has 2 aliphatic rings. The summed E-state index contributed by atoms with van der Waals surface area (Å²) in [7, 11) is 0. The zero-order chi connectivity index (χ0) is 15.8. The van der Waals surface area contributed by atoms with Crippen molar-refractivity contribution in [3.8, 4) is 0 Å². The van der Waals surface area contributed by atoms with Gasteiger partial charge in [-0.2, -0.15) is 5.10 Å². The van der Waals surface area contributed by atoms with Crippen LogP contribution in [0.25, 0.3) is 10.9 Å². The van der Waals surface area contributed by atoms with E-state index in [1.807, 2.05) is 18.2 Å². The summed E-state index contributed by atoms with van der Waals surface area (Å²) in [5.41, 5.74) is 1.93. The third kappa shape index (κ3) is 3.11. The van der Waals surface area contributed by atoms with Crippen LogP contribution in [0.1, 0.15) is 37.7 Å². The summed E-state index contributed by atoms with van der Waals surface area (Å²) in [5, 5.41) is 17.8. The lowest BCUT2D eigenvalue weighted by Crippen LogP contribution is -2.36. The minimum absolute atomic E-state index is 0.00198. The molecule has 2 fully saturated rings. The fourth-order valence-corrected chi connectivity index (χ4v) is 4.35. The topological polar surface area (TPSA) is 75.2 Å². The Morgan fingerprint density at radius 3 is 2.78 bits per heavy atom. The van der Waals surface area contributed by atoms with Crippen molar-refractivity contribution in [2.45, 2.75) is 44.8 Å². The van der Waals surface area contributed by atoms with Crippen molar-refractivity contribution in [2.24, 2.45) is 17.8 Å². The number of hydrogen-bond donors (Lipinski definition) is 2.